The normalized spacial score (nSPS) is 18.3. The molecule has 8 heteroatoms. The first kappa shape index (κ1) is 14.7. The Kier molecular flexibility index (Phi) is 4.47. The van der Waals surface area contributed by atoms with Crippen molar-refractivity contribution in [3.05, 3.63) is 27.3 Å². The molecule has 0 spiro atoms. The summed E-state index contributed by atoms with van der Waals surface area (Å²) in [6, 6.07) is 0. The van der Waals surface area contributed by atoms with Crippen LogP contribution in [-0.4, -0.2) is 27.5 Å². The summed E-state index contributed by atoms with van der Waals surface area (Å²) in [5, 5.41) is 0. The van der Waals surface area contributed by atoms with Crippen molar-refractivity contribution in [2.45, 2.75) is 25.6 Å². The standard InChI is InChI=1S/C11H10ClF3N2S2/c12-10-16-5-8(19-10)6-17-3-1-2-7(17)4-9(18)11(13,14)15/h4-5H,1-3,6H2/b7-4+. The summed E-state index contributed by atoms with van der Waals surface area (Å²) < 4.78 is 37.7. The average Bonchev–Trinajstić information content (AvgIpc) is 2.88. The van der Waals surface area contributed by atoms with E-state index >= 15 is 0 Å². The summed E-state index contributed by atoms with van der Waals surface area (Å²) in [5.74, 6) is 0. The fourth-order valence-corrected chi connectivity index (χ4v) is 3.00. The molecule has 104 valence electrons. The minimum absolute atomic E-state index is 0.436. The fourth-order valence-electron chi connectivity index (χ4n) is 1.87. The Morgan fingerprint density at radius 2 is 2.32 bits per heavy atom. The maximum absolute atomic E-state index is 12.4. The molecule has 19 heavy (non-hydrogen) atoms. The third-order valence-corrected chi connectivity index (χ3v) is 4.17. The number of halogens is 4. The quantitative estimate of drug-likeness (QED) is 0.611. The van der Waals surface area contributed by atoms with Crippen LogP contribution in [0.1, 0.15) is 17.7 Å². The highest BCUT2D eigenvalue weighted by atomic mass is 35.5. The summed E-state index contributed by atoms with van der Waals surface area (Å²) >= 11 is 11.5. The van der Waals surface area contributed by atoms with E-state index in [2.05, 4.69) is 17.2 Å². The molecule has 2 heterocycles. The molecule has 2 nitrogen and oxygen atoms in total. The monoisotopic (exact) mass is 326 g/mol. The summed E-state index contributed by atoms with van der Waals surface area (Å²) in [4.78, 5) is 5.76. The summed E-state index contributed by atoms with van der Waals surface area (Å²) in [5.41, 5.74) is 0.631. The van der Waals surface area contributed by atoms with Gasteiger partial charge in [0.25, 0.3) is 0 Å². The molecule has 1 aromatic rings. The van der Waals surface area contributed by atoms with Gasteiger partial charge in [-0.25, -0.2) is 4.98 Å². The van der Waals surface area contributed by atoms with Crippen LogP contribution in [-0.2, 0) is 6.54 Å². The fraction of sp³-hybridized carbons (Fsp3) is 0.455. The number of thiocarbonyl (C=S) groups is 1. The number of allylic oxidation sites excluding steroid dienone is 2. The predicted molar refractivity (Wildman–Crippen MR) is 73.5 cm³/mol. The third kappa shape index (κ3) is 3.90. The lowest BCUT2D eigenvalue weighted by Gasteiger charge is -2.19. The highest BCUT2D eigenvalue weighted by molar-refractivity contribution is 7.80. The van der Waals surface area contributed by atoms with Gasteiger partial charge in [-0.05, 0) is 18.9 Å². The zero-order valence-electron chi connectivity index (χ0n) is 9.71. The van der Waals surface area contributed by atoms with Crippen molar-refractivity contribution in [1.29, 1.82) is 0 Å². The molecule has 0 atom stereocenters. The Morgan fingerprint density at radius 3 is 2.89 bits per heavy atom. The molecule has 1 saturated heterocycles. The average molecular weight is 327 g/mol. The molecule has 1 fully saturated rings. The van der Waals surface area contributed by atoms with Gasteiger partial charge in [0.1, 0.15) is 4.86 Å². The molecule has 0 bridgehead atoms. The second-order valence-corrected chi connectivity index (χ2v) is 6.24. The third-order valence-electron chi connectivity index (χ3n) is 2.72. The van der Waals surface area contributed by atoms with Crippen molar-refractivity contribution in [3.63, 3.8) is 0 Å². The van der Waals surface area contributed by atoms with Gasteiger partial charge < -0.3 is 4.90 Å². The van der Waals surface area contributed by atoms with E-state index in [1.807, 2.05) is 4.90 Å². The zero-order valence-corrected chi connectivity index (χ0v) is 12.1. The molecule has 0 amide bonds. The van der Waals surface area contributed by atoms with Gasteiger partial charge >= 0.3 is 6.18 Å². The van der Waals surface area contributed by atoms with E-state index in [1.54, 1.807) is 6.20 Å². The van der Waals surface area contributed by atoms with Crippen LogP contribution in [0.4, 0.5) is 13.2 Å². The number of rotatable bonds is 3. The largest absolute Gasteiger partial charge is 0.426 e. The number of thiazole rings is 1. The molecule has 0 saturated carbocycles. The van der Waals surface area contributed by atoms with Gasteiger partial charge in [0.05, 0.1) is 6.54 Å². The number of hydrogen-bond acceptors (Lipinski definition) is 4. The smallest absolute Gasteiger partial charge is 0.370 e. The lowest BCUT2D eigenvalue weighted by molar-refractivity contribution is -0.0553. The van der Waals surface area contributed by atoms with Crippen LogP contribution < -0.4 is 0 Å². The minimum atomic E-state index is -4.44. The van der Waals surface area contributed by atoms with E-state index in [0.717, 1.165) is 23.9 Å². The molecule has 0 unspecified atom stereocenters. The van der Waals surface area contributed by atoms with E-state index in [-0.39, 0.29) is 0 Å². The van der Waals surface area contributed by atoms with Crippen LogP contribution in [0.25, 0.3) is 0 Å². The first-order valence-corrected chi connectivity index (χ1v) is 7.13. The van der Waals surface area contributed by atoms with Crippen LogP contribution in [0.2, 0.25) is 4.47 Å². The highest BCUT2D eigenvalue weighted by Crippen LogP contribution is 2.28. The van der Waals surface area contributed by atoms with Gasteiger partial charge in [0, 0.05) is 23.3 Å². The molecular weight excluding hydrogens is 317 g/mol. The van der Waals surface area contributed by atoms with Crippen molar-refractivity contribution in [2.24, 2.45) is 0 Å². The predicted octanol–water partition coefficient (Wildman–Crippen LogP) is 4.21. The van der Waals surface area contributed by atoms with Crippen molar-refractivity contribution in [1.82, 2.24) is 9.88 Å². The summed E-state index contributed by atoms with van der Waals surface area (Å²) in [6.45, 7) is 1.25. The number of alkyl halides is 3. The van der Waals surface area contributed by atoms with Gasteiger partial charge in [-0.3, -0.25) is 0 Å². The van der Waals surface area contributed by atoms with Crippen LogP contribution in [0.5, 0.6) is 0 Å². The van der Waals surface area contributed by atoms with E-state index in [9.17, 15) is 13.2 Å². The Hall–Kier alpha value is -0.660. The van der Waals surface area contributed by atoms with Crippen LogP contribution >= 0.6 is 35.2 Å². The van der Waals surface area contributed by atoms with E-state index < -0.39 is 11.0 Å². The Balaban J connectivity index is 2.09. The molecule has 2 rings (SSSR count). The molecule has 1 aliphatic rings. The van der Waals surface area contributed by atoms with Crippen LogP contribution in [0.3, 0.4) is 0 Å². The molecular formula is C11H10ClF3N2S2. The van der Waals surface area contributed by atoms with Crippen molar-refractivity contribution >= 4 is 40.0 Å². The first-order chi connectivity index (χ1) is 8.86. The van der Waals surface area contributed by atoms with E-state index in [1.165, 1.54) is 11.3 Å². The van der Waals surface area contributed by atoms with Crippen LogP contribution in [0.15, 0.2) is 18.0 Å². The molecule has 0 radical (unpaired) electrons. The maximum Gasteiger partial charge on any atom is 0.426 e. The highest BCUT2D eigenvalue weighted by Gasteiger charge is 2.33. The molecule has 0 N–H and O–H groups in total. The molecule has 1 aromatic heterocycles. The SMILES string of the molecule is FC(F)(F)C(=S)/C=C1\CCCN1Cc1cnc(Cl)s1. The number of hydrogen-bond donors (Lipinski definition) is 0. The Bertz CT molecular complexity index is 510. The van der Waals surface area contributed by atoms with E-state index in [0.29, 0.717) is 23.1 Å². The zero-order chi connectivity index (χ0) is 14.0. The van der Waals surface area contributed by atoms with Crippen molar-refractivity contribution < 1.29 is 13.2 Å². The second kappa shape index (κ2) is 5.76. The first-order valence-electron chi connectivity index (χ1n) is 5.53. The lowest BCUT2D eigenvalue weighted by Crippen LogP contribution is -2.22. The van der Waals surface area contributed by atoms with Gasteiger partial charge in [0.15, 0.2) is 4.47 Å². The molecule has 1 aliphatic heterocycles. The lowest BCUT2D eigenvalue weighted by atomic mass is 10.2. The Morgan fingerprint density at radius 1 is 1.58 bits per heavy atom. The summed E-state index contributed by atoms with van der Waals surface area (Å²) in [7, 11) is 0. The number of likely N-dealkylation sites (tertiary alicyclic amines) is 1. The number of aromatic nitrogens is 1. The van der Waals surface area contributed by atoms with Crippen LogP contribution in [0, 0.1) is 0 Å². The van der Waals surface area contributed by atoms with Crippen molar-refractivity contribution in [3.8, 4) is 0 Å². The van der Waals surface area contributed by atoms with Gasteiger partial charge in [-0.2, -0.15) is 13.2 Å². The molecule has 0 aromatic carbocycles. The Labute approximate surface area is 122 Å². The molecule has 0 aliphatic carbocycles. The summed E-state index contributed by atoms with van der Waals surface area (Å²) in [6.07, 6.45) is -0.290. The maximum atomic E-state index is 12.4. The number of nitrogens with zero attached hydrogens (tertiary/aromatic N) is 2. The second-order valence-electron chi connectivity index (χ2n) is 4.10. The van der Waals surface area contributed by atoms with Gasteiger partial charge in [-0.1, -0.05) is 23.8 Å². The topological polar surface area (TPSA) is 16.1 Å². The van der Waals surface area contributed by atoms with Gasteiger partial charge in [0.2, 0.25) is 0 Å². The van der Waals surface area contributed by atoms with Gasteiger partial charge in [-0.15, -0.1) is 11.3 Å². The minimum Gasteiger partial charge on any atom is -0.370 e. The van der Waals surface area contributed by atoms with E-state index in [4.69, 9.17) is 11.6 Å². The van der Waals surface area contributed by atoms with Crippen molar-refractivity contribution in [2.75, 3.05) is 6.54 Å².